The number of hydrogen-bond acceptors (Lipinski definition) is 2. The highest BCUT2D eigenvalue weighted by Gasteiger charge is 2.40. The number of fused-ring (bicyclic) bond motifs is 2. The minimum Gasteiger partial charge on any atom is -0.353 e. The molecule has 1 amide bonds. The van der Waals surface area contributed by atoms with Crippen molar-refractivity contribution >= 4 is 5.91 Å². The maximum Gasteiger partial charge on any atom is 0.223 e. The highest BCUT2D eigenvalue weighted by atomic mass is 16.2. The van der Waals surface area contributed by atoms with Gasteiger partial charge in [-0.25, -0.2) is 0 Å². The highest BCUT2D eigenvalue weighted by Crippen LogP contribution is 2.44. The molecular weight excluding hydrogens is 296 g/mol. The number of likely N-dealkylation sites (tertiary alicyclic amines) is 1. The molecule has 130 valence electrons. The largest absolute Gasteiger partial charge is 0.353 e. The molecule has 1 aromatic rings. The average Bonchev–Trinajstić information content (AvgIpc) is 3.20. The predicted octanol–water partition coefficient (Wildman–Crippen LogP) is 3.51. The Morgan fingerprint density at radius 2 is 1.83 bits per heavy atom. The summed E-state index contributed by atoms with van der Waals surface area (Å²) in [4.78, 5) is 15.1. The molecule has 3 heteroatoms. The Morgan fingerprint density at radius 1 is 1.08 bits per heavy atom. The summed E-state index contributed by atoms with van der Waals surface area (Å²) < 4.78 is 0. The zero-order chi connectivity index (χ0) is 16.5. The third-order valence-electron chi connectivity index (χ3n) is 6.55. The number of benzene rings is 1. The number of hydrogen-bond donors (Lipinski definition) is 1. The second kappa shape index (κ2) is 6.87. The smallest absolute Gasteiger partial charge is 0.223 e. The minimum absolute atomic E-state index is 0.235. The topological polar surface area (TPSA) is 32.3 Å². The fraction of sp³-hybridized carbons (Fsp3) is 0.667. The van der Waals surface area contributed by atoms with Crippen LogP contribution in [0.15, 0.2) is 24.3 Å². The number of carbonyl (C=O) groups excluding carboxylic acids is 1. The van der Waals surface area contributed by atoms with Crippen LogP contribution < -0.4 is 5.32 Å². The quantitative estimate of drug-likeness (QED) is 0.918. The van der Waals surface area contributed by atoms with Gasteiger partial charge >= 0.3 is 0 Å². The Kier molecular flexibility index (Phi) is 4.62. The third kappa shape index (κ3) is 3.51. The van der Waals surface area contributed by atoms with E-state index in [0.29, 0.717) is 11.9 Å². The summed E-state index contributed by atoms with van der Waals surface area (Å²) in [5, 5.41) is 3.39. The van der Waals surface area contributed by atoms with Crippen LogP contribution in [0.1, 0.15) is 49.7 Å². The summed E-state index contributed by atoms with van der Waals surface area (Å²) in [7, 11) is 0. The maximum atomic E-state index is 12.6. The molecule has 1 heterocycles. The molecule has 3 aliphatic rings. The Morgan fingerprint density at radius 3 is 2.46 bits per heavy atom. The van der Waals surface area contributed by atoms with E-state index in [0.717, 1.165) is 44.3 Å². The Balaban J connectivity index is 1.23. The Hall–Kier alpha value is -1.35. The summed E-state index contributed by atoms with van der Waals surface area (Å²) in [6.45, 7) is 5.23. The van der Waals surface area contributed by atoms with Gasteiger partial charge in [-0.05, 0) is 69.5 Å². The Labute approximate surface area is 145 Å². The van der Waals surface area contributed by atoms with E-state index in [1.54, 1.807) is 0 Å². The first-order valence-corrected chi connectivity index (χ1v) is 9.75. The molecule has 0 spiro atoms. The number of rotatable bonds is 4. The van der Waals surface area contributed by atoms with Crippen LogP contribution in [0.3, 0.4) is 0 Å². The van der Waals surface area contributed by atoms with Crippen molar-refractivity contribution in [3.8, 4) is 0 Å². The van der Waals surface area contributed by atoms with Crippen molar-refractivity contribution in [1.82, 2.24) is 10.2 Å². The standard InChI is InChI=1S/C21H30N2O/c1-15-2-4-16(5-3-15)14-23-10-8-18(9-11-23)21(24)22-20-13-17-6-7-19(20)12-17/h2-5,17-20H,6-14H2,1H3,(H,22,24)/t17-,19-,20+/m0/s1. The summed E-state index contributed by atoms with van der Waals surface area (Å²) >= 11 is 0. The second-order valence-corrected chi connectivity index (χ2v) is 8.33. The first-order valence-electron chi connectivity index (χ1n) is 9.75. The summed E-state index contributed by atoms with van der Waals surface area (Å²) in [5.74, 6) is 2.25. The van der Waals surface area contributed by atoms with Gasteiger partial charge in [-0.1, -0.05) is 36.2 Å². The molecule has 0 radical (unpaired) electrons. The van der Waals surface area contributed by atoms with Gasteiger partial charge in [0.25, 0.3) is 0 Å². The lowest BCUT2D eigenvalue weighted by Crippen LogP contribution is -2.45. The molecule has 2 saturated carbocycles. The van der Waals surface area contributed by atoms with Gasteiger partial charge in [-0.2, -0.15) is 0 Å². The van der Waals surface area contributed by atoms with Gasteiger partial charge in [0.05, 0.1) is 0 Å². The van der Waals surface area contributed by atoms with Gasteiger partial charge in [-0.3, -0.25) is 9.69 Å². The van der Waals surface area contributed by atoms with Crippen LogP contribution in [-0.4, -0.2) is 29.9 Å². The first kappa shape index (κ1) is 16.1. The normalized spacial score (nSPS) is 30.6. The lowest BCUT2D eigenvalue weighted by Gasteiger charge is -2.32. The summed E-state index contributed by atoms with van der Waals surface area (Å²) in [6.07, 6.45) is 7.36. The molecule has 24 heavy (non-hydrogen) atoms. The van der Waals surface area contributed by atoms with Gasteiger partial charge < -0.3 is 5.32 Å². The van der Waals surface area contributed by atoms with Crippen molar-refractivity contribution in [2.45, 2.75) is 58.0 Å². The van der Waals surface area contributed by atoms with E-state index in [1.807, 2.05) is 0 Å². The van der Waals surface area contributed by atoms with Crippen LogP contribution in [0.4, 0.5) is 0 Å². The third-order valence-corrected chi connectivity index (χ3v) is 6.55. The fourth-order valence-electron chi connectivity index (χ4n) is 5.03. The van der Waals surface area contributed by atoms with Crippen molar-refractivity contribution in [2.75, 3.05) is 13.1 Å². The van der Waals surface area contributed by atoms with Gasteiger partial charge in [0.1, 0.15) is 0 Å². The molecule has 0 unspecified atom stereocenters. The van der Waals surface area contributed by atoms with Gasteiger partial charge in [0.2, 0.25) is 5.91 Å². The van der Waals surface area contributed by atoms with E-state index in [9.17, 15) is 4.79 Å². The van der Waals surface area contributed by atoms with Gasteiger partial charge in [0, 0.05) is 18.5 Å². The molecule has 1 saturated heterocycles. The number of aryl methyl sites for hydroxylation is 1. The number of amides is 1. The van der Waals surface area contributed by atoms with Crippen molar-refractivity contribution in [1.29, 1.82) is 0 Å². The zero-order valence-corrected chi connectivity index (χ0v) is 14.8. The van der Waals surface area contributed by atoms with E-state index in [2.05, 4.69) is 41.4 Å². The van der Waals surface area contributed by atoms with Crippen LogP contribution in [0.5, 0.6) is 0 Å². The van der Waals surface area contributed by atoms with Gasteiger partial charge in [-0.15, -0.1) is 0 Å². The second-order valence-electron chi connectivity index (χ2n) is 8.33. The van der Waals surface area contributed by atoms with Crippen LogP contribution in [-0.2, 0) is 11.3 Å². The van der Waals surface area contributed by atoms with Crippen LogP contribution in [0.2, 0.25) is 0 Å². The van der Waals surface area contributed by atoms with E-state index < -0.39 is 0 Å². The number of carbonyl (C=O) groups is 1. The van der Waals surface area contributed by atoms with Crippen molar-refractivity contribution in [2.24, 2.45) is 17.8 Å². The molecule has 1 aliphatic heterocycles. The maximum absolute atomic E-state index is 12.6. The fourth-order valence-corrected chi connectivity index (χ4v) is 5.03. The molecule has 4 rings (SSSR count). The molecule has 3 fully saturated rings. The molecule has 2 bridgehead atoms. The van der Waals surface area contributed by atoms with Crippen LogP contribution >= 0.6 is 0 Å². The number of piperidine rings is 1. The molecular formula is C21H30N2O. The predicted molar refractivity (Wildman–Crippen MR) is 96.6 cm³/mol. The monoisotopic (exact) mass is 326 g/mol. The lowest BCUT2D eigenvalue weighted by atomic mass is 9.92. The lowest BCUT2D eigenvalue weighted by molar-refractivity contribution is -0.127. The molecule has 3 atom stereocenters. The van der Waals surface area contributed by atoms with Gasteiger partial charge in [0.15, 0.2) is 0 Å². The first-order chi connectivity index (χ1) is 11.7. The molecule has 1 N–H and O–H groups in total. The minimum atomic E-state index is 0.235. The van der Waals surface area contributed by atoms with Crippen molar-refractivity contribution in [3.63, 3.8) is 0 Å². The van der Waals surface area contributed by atoms with E-state index in [1.165, 1.54) is 36.8 Å². The van der Waals surface area contributed by atoms with E-state index in [4.69, 9.17) is 0 Å². The average molecular weight is 326 g/mol. The molecule has 1 aromatic carbocycles. The number of nitrogens with one attached hydrogen (secondary N) is 1. The van der Waals surface area contributed by atoms with Crippen LogP contribution in [0.25, 0.3) is 0 Å². The number of nitrogens with zero attached hydrogens (tertiary/aromatic N) is 1. The summed E-state index contributed by atoms with van der Waals surface area (Å²) in [5.41, 5.74) is 2.69. The Bertz CT molecular complexity index is 574. The SMILES string of the molecule is Cc1ccc(CN2CCC(C(=O)N[C@@H]3C[C@H]4CC[C@H]3C4)CC2)cc1. The molecule has 0 aromatic heterocycles. The zero-order valence-electron chi connectivity index (χ0n) is 14.8. The van der Waals surface area contributed by atoms with E-state index >= 15 is 0 Å². The summed E-state index contributed by atoms with van der Waals surface area (Å²) in [6, 6.07) is 9.31. The van der Waals surface area contributed by atoms with Crippen molar-refractivity contribution < 1.29 is 4.79 Å². The molecule has 3 nitrogen and oxygen atoms in total. The van der Waals surface area contributed by atoms with Crippen molar-refractivity contribution in [3.05, 3.63) is 35.4 Å². The highest BCUT2D eigenvalue weighted by molar-refractivity contribution is 5.79. The van der Waals surface area contributed by atoms with Crippen LogP contribution in [0, 0.1) is 24.7 Å². The molecule has 2 aliphatic carbocycles. The van der Waals surface area contributed by atoms with E-state index in [-0.39, 0.29) is 5.92 Å².